The summed E-state index contributed by atoms with van der Waals surface area (Å²) in [5.41, 5.74) is 4.06. The molecular weight excluding hydrogens is 435 g/mol. The highest BCUT2D eigenvalue weighted by Gasteiger charge is 2.12. The van der Waals surface area contributed by atoms with E-state index in [9.17, 15) is 9.18 Å². The van der Waals surface area contributed by atoms with Crippen LogP contribution in [-0.4, -0.2) is 21.0 Å². The number of nitrogens with zero attached hydrogens (tertiary/aromatic N) is 3. The summed E-state index contributed by atoms with van der Waals surface area (Å²) in [5.74, 6) is 1.39. The first-order chi connectivity index (χ1) is 16.4. The van der Waals surface area contributed by atoms with Crippen molar-refractivity contribution in [1.82, 2.24) is 20.4 Å². The number of nitrogens with one attached hydrogen (secondary N) is 1. The Labute approximate surface area is 197 Å². The monoisotopic (exact) mass is 460 g/mol. The highest BCUT2D eigenvalue weighted by molar-refractivity contribution is 5.76. The van der Waals surface area contributed by atoms with E-state index in [-0.39, 0.29) is 24.6 Å². The predicted octanol–water partition coefficient (Wildman–Crippen LogP) is 5.24. The van der Waals surface area contributed by atoms with E-state index in [1.54, 1.807) is 31.3 Å². The fraction of sp³-hybridized carbons (Fsp3) is 0.231. The SMILES string of the molecule is Cc1ccc(C)c(Oc2ccc(CNC(=O)CCc3nc(-c4ccc(C)c(F)c4)no3)cn2)c1. The maximum Gasteiger partial charge on any atom is 0.227 e. The number of hydrogen-bond donors (Lipinski definition) is 1. The Morgan fingerprint density at radius 3 is 2.65 bits per heavy atom. The molecule has 0 atom stereocenters. The maximum absolute atomic E-state index is 13.8. The van der Waals surface area contributed by atoms with Crippen molar-refractivity contribution in [3.8, 4) is 23.0 Å². The van der Waals surface area contributed by atoms with E-state index in [2.05, 4.69) is 20.4 Å². The zero-order valence-electron chi connectivity index (χ0n) is 19.3. The molecule has 0 bridgehead atoms. The molecule has 0 aliphatic rings. The molecule has 0 fully saturated rings. The number of benzene rings is 2. The number of hydrogen-bond acceptors (Lipinski definition) is 6. The number of carbonyl (C=O) groups excluding carboxylic acids is 1. The Balaban J connectivity index is 1.25. The van der Waals surface area contributed by atoms with Gasteiger partial charge in [-0.1, -0.05) is 35.5 Å². The molecule has 8 heteroatoms. The molecule has 174 valence electrons. The summed E-state index contributed by atoms with van der Waals surface area (Å²) in [5, 5.41) is 6.72. The van der Waals surface area contributed by atoms with Crippen molar-refractivity contribution >= 4 is 5.91 Å². The van der Waals surface area contributed by atoms with Crippen molar-refractivity contribution in [3.05, 3.63) is 88.7 Å². The first-order valence-corrected chi connectivity index (χ1v) is 10.9. The Morgan fingerprint density at radius 1 is 1.06 bits per heavy atom. The van der Waals surface area contributed by atoms with E-state index in [0.29, 0.717) is 35.3 Å². The average molecular weight is 461 g/mol. The van der Waals surface area contributed by atoms with E-state index >= 15 is 0 Å². The lowest BCUT2D eigenvalue weighted by molar-refractivity contribution is -0.121. The van der Waals surface area contributed by atoms with Gasteiger partial charge in [0.05, 0.1) is 0 Å². The van der Waals surface area contributed by atoms with Crippen LogP contribution in [0.2, 0.25) is 0 Å². The zero-order valence-corrected chi connectivity index (χ0v) is 19.3. The van der Waals surface area contributed by atoms with Gasteiger partial charge in [-0.05, 0) is 55.2 Å². The van der Waals surface area contributed by atoms with Crippen LogP contribution in [0.3, 0.4) is 0 Å². The largest absolute Gasteiger partial charge is 0.439 e. The van der Waals surface area contributed by atoms with Gasteiger partial charge in [-0.3, -0.25) is 4.79 Å². The summed E-state index contributed by atoms with van der Waals surface area (Å²) in [6.45, 7) is 6.02. The van der Waals surface area contributed by atoms with Gasteiger partial charge in [-0.15, -0.1) is 0 Å². The van der Waals surface area contributed by atoms with Gasteiger partial charge in [-0.2, -0.15) is 4.98 Å². The molecule has 0 spiro atoms. The molecule has 0 radical (unpaired) electrons. The highest BCUT2D eigenvalue weighted by Crippen LogP contribution is 2.24. The summed E-state index contributed by atoms with van der Waals surface area (Å²) < 4.78 is 24.8. The molecule has 4 rings (SSSR count). The van der Waals surface area contributed by atoms with Crippen LogP contribution in [0, 0.1) is 26.6 Å². The van der Waals surface area contributed by atoms with Crippen molar-refractivity contribution in [2.75, 3.05) is 0 Å². The highest BCUT2D eigenvalue weighted by atomic mass is 19.1. The molecule has 0 aliphatic heterocycles. The number of aryl methyl sites for hydroxylation is 4. The molecule has 0 saturated heterocycles. The van der Waals surface area contributed by atoms with Gasteiger partial charge < -0.3 is 14.6 Å². The number of aromatic nitrogens is 3. The van der Waals surface area contributed by atoms with E-state index in [1.165, 1.54) is 6.07 Å². The number of carbonyl (C=O) groups is 1. The second kappa shape index (κ2) is 10.2. The summed E-state index contributed by atoms with van der Waals surface area (Å²) in [6.07, 6.45) is 2.14. The molecule has 7 nitrogen and oxygen atoms in total. The molecule has 0 saturated carbocycles. The van der Waals surface area contributed by atoms with Crippen LogP contribution < -0.4 is 10.1 Å². The second-order valence-electron chi connectivity index (χ2n) is 8.13. The van der Waals surface area contributed by atoms with Crippen molar-refractivity contribution in [2.45, 2.75) is 40.2 Å². The van der Waals surface area contributed by atoms with Crippen molar-refractivity contribution < 1.29 is 18.4 Å². The summed E-state index contributed by atoms with van der Waals surface area (Å²) in [7, 11) is 0. The van der Waals surface area contributed by atoms with Gasteiger partial charge >= 0.3 is 0 Å². The van der Waals surface area contributed by atoms with E-state index < -0.39 is 0 Å². The maximum atomic E-state index is 13.8. The number of amides is 1. The third kappa shape index (κ3) is 5.83. The first-order valence-electron chi connectivity index (χ1n) is 10.9. The standard InChI is InChI=1S/C26H25FN4O3/c1-16-4-5-18(3)22(12-16)33-24-10-7-19(15-29-24)14-28-23(32)9-11-25-30-26(31-34-25)20-8-6-17(2)21(27)13-20/h4-8,10,12-13,15H,9,11,14H2,1-3H3,(H,28,32). The smallest absolute Gasteiger partial charge is 0.227 e. The Hall–Kier alpha value is -4.07. The Kier molecular flexibility index (Phi) is 6.96. The minimum absolute atomic E-state index is 0.156. The molecule has 2 heterocycles. The van der Waals surface area contributed by atoms with Gasteiger partial charge in [0.2, 0.25) is 23.5 Å². The number of pyridine rings is 1. The third-order valence-corrected chi connectivity index (χ3v) is 5.31. The number of rotatable bonds is 8. The fourth-order valence-electron chi connectivity index (χ4n) is 3.22. The average Bonchev–Trinajstić information content (AvgIpc) is 3.30. The summed E-state index contributed by atoms with van der Waals surface area (Å²) >= 11 is 0. The molecular formula is C26H25FN4O3. The minimum atomic E-state index is -0.331. The second-order valence-corrected chi connectivity index (χ2v) is 8.13. The molecule has 2 aromatic carbocycles. The van der Waals surface area contributed by atoms with Crippen LogP contribution in [-0.2, 0) is 17.8 Å². The van der Waals surface area contributed by atoms with Crippen LogP contribution in [0.15, 0.2) is 59.3 Å². The van der Waals surface area contributed by atoms with Crippen molar-refractivity contribution in [1.29, 1.82) is 0 Å². The van der Waals surface area contributed by atoms with Crippen LogP contribution in [0.4, 0.5) is 4.39 Å². The fourth-order valence-corrected chi connectivity index (χ4v) is 3.22. The molecule has 4 aromatic rings. The van der Waals surface area contributed by atoms with E-state index in [0.717, 1.165) is 22.4 Å². The minimum Gasteiger partial charge on any atom is -0.439 e. The quantitative estimate of drug-likeness (QED) is 0.387. The van der Waals surface area contributed by atoms with Crippen LogP contribution in [0.25, 0.3) is 11.4 Å². The number of halogens is 1. The molecule has 0 aliphatic carbocycles. The molecule has 34 heavy (non-hydrogen) atoms. The van der Waals surface area contributed by atoms with Crippen LogP contribution in [0.5, 0.6) is 11.6 Å². The number of ether oxygens (including phenoxy) is 1. The lowest BCUT2D eigenvalue weighted by Crippen LogP contribution is -2.23. The molecule has 0 unspecified atom stereocenters. The van der Waals surface area contributed by atoms with E-state index in [4.69, 9.17) is 9.26 Å². The third-order valence-electron chi connectivity index (χ3n) is 5.31. The zero-order chi connectivity index (χ0) is 24.1. The molecule has 1 amide bonds. The van der Waals surface area contributed by atoms with Gasteiger partial charge in [0.25, 0.3) is 0 Å². The van der Waals surface area contributed by atoms with E-state index in [1.807, 2.05) is 38.1 Å². The topological polar surface area (TPSA) is 90.1 Å². The Bertz CT molecular complexity index is 1300. The van der Waals surface area contributed by atoms with Crippen molar-refractivity contribution in [3.63, 3.8) is 0 Å². The van der Waals surface area contributed by atoms with Gasteiger partial charge in [0.15, 0.2) is 0 Å². The first kappa shape index (κ1) is 23.1. The van der Waals surface area contributed by atoms with Gasteiger partial charge in [-0.25, -0.2) is 9.37 Å². The molecule has 2 aromatic heterocycles. The van der Waals surface area contributed by atoms with Crippen LogP contribution in [0.1, 0.15) is 34.6 Å². The summed E-state index contributed by atoms with van der Waals surface area (Å²) in [4.78, 5) is 20.8. The molecule has 1 N–H and O–H groups in total. The van der Waals surface area contributed by atoms with Gasteiger partial charge in [0, 0.05) is 37.2 Å². The normalized spacial score (nSPS) is 10.8. The Morgan fingerprint density at radius 2 is 1.88 bits per heavy atom. The lowest BCUT2D eigenvalue weighted by Gasteiger charge is -2.09. The summed E-state index contributed by atoms with van der Waals surface area (Å²) in [6, 6.07) is 14.4. The van der Waals surface area contributed by atoms with Crippen molar-refractivity contribution in [2.24, 2.45) is 0 Å². The van der Waals surface area contributed by atoms with Crippen LogP contribution >= 0.6 is 0 Å². The predicted molar refractivity (Wildman–Crippen MR) is 125 cm³/mol. The van der Waals surface area contributed by atoms with Gasteiger partial charge in [0.1, 0.15) is 11.6 Å². The lowest BCUT2D eigenvalue weighted by atomic mass is 10.1.